The van der Waals surface area contributed by atoms with Crippen molar-refractivity contribution in [1.29, 1.82) is 0 Å². The first-order valence-electron chi connectivity index (χ1n) is 5.05. The molecule has 0 atom stereocenters. The molecule has 1 aromatic rings. The first-order chi connectivity index (χ1) is 7.22. The highest BCUT2D eigenvalue weighted by Gasteiger charge is 2.26. The zero-order chi connectivity index (χ0) is 10.8. The van der Waals surface area contributed by atoms with Crippen molar-refractivity contribution in [3.05, 3.63) is 23.5 Å². The van der Waals surface area contributed by atoms with E-state index in [0.717, 1.165) is 18.4 Å². The van der Waals surface area contributed by atoms with Gasteiger partial charge in [-0.25, -0.2) is 0 Å². The van der Waals surface area contributed by atoms with Crippen molar-refractivity contribution in [3.8, 4) is 5.75 Å². The number of amides is 1. The molecule has 0 unspecified atom stereocenters. The molecule has 0 aromatic carbocycles. The second-order valence-electron chi connectivity index (χ2n) is 3.73. The Morgan fingerprint density at radius 2 is 2.27 bits per heavy atom. The van der Waals surface area contributed by atoms with Crippen molar-refractivity contribution in [1.82, 2.24) is 10.3 Å². The number of aromatic nitrogens is 1. The number of nitrogens with zero attached hydrogens (tertiary/aromatic N) is 1. The molecule has 4 heteroatoms. The van der Waals surface area contributed by atoms with Crippen LogP contribution in [0.4, 0.5) is 0 Å². The molecule has 1 aliphatic rings. The van der Waals surface area contributed by atoms with Crippen LogP contribution < -0.4 is 10.1 Å². The van der Waals surface area contributed by atoms with Crippen LogP contribution >= 0.6 is 0 Å². The molecule has 80 valence electrons. The van der Waals surface area contributed by atoms with E-state index in [0.29, 0.717) is 11.3 Å². The number of ether oxygens (including phenoxy) is 1. The van der Waals surface area contributed by atoms with Crippen LogP contribution in [0.25, 0.3) is 0 Å². The van der Waals surface area contributed by atoms with E-state index in [2.05, 4.69) is 10.3 Å². The van der Waals surface area contributed by atoms with Gasteiger partial charge in [-0.1, -0.05) is 0 Å². The van der Waals surface area contributed by atoms with Crippen LogP contribution in [0, 0.1) is 6.92 Å². The van der Waals surface area contributed by atoms with Crippen molar-refractivity contribution >= 4 is 5.91 Å². The lowest BCUT2D eigenvalue weighted by atomic mass is 10.2. The third kappa shape index (κ3) is 2.09. The van der Waals surface area contributed by atoms with Gasteiger partial charge < -0.3 is 10.1 Å². The van der Waals surface area contributed by atoms with Gasteiger partial charge in [0.15, 0.2) is 0 Å². The quantitative estimate of drug-likeness (QED) is 0.810. The maximum Gasteiger partial charge on any atom is 0.256 e. The normalized spacial score (nSPS) is 14.8. The molecule has 1 heterocycles. The summed E-state index contributed by atoms with van der Waals surface area (Å²) in [5.74, 6) is 0.522. The number of nitrogens with one attached hydrogen (secondary N) is 1. The van der Waals surface area contributed by atoms with Crippen LogP contribution in [0.5, 0.6) is 5.75 Å². The van der Waals surface area contributed by atoms with Gasteiger partial charge in [0, 0.05) is 25.0 Å². The Labute approximate surface area is 88.7 Å². The lowest BCUT2D eigenvalue weighted by Gasteiger charge is -2.11. The van der Waals surface area contributed by atoms with Gasteiger partial charge in [-0.15, -0.1) is 0 Å². The van der Waals surface area contributed by atoms with Gasteiger partial charge >= 0.3 is 0 Å². The van der Waals surface area contributed by atoms with E-state index in [1.807, 2.05) is 6.92 Å². The van der Waals surface area contributed by atoms with Gasteiger partial charge in [0.2, 0.25) is 0 Å². The third-order valence-corrected chi connectivity index (χ3v) is 2.36. The van der Waals surface area contributed by atoms with Gasteiger partial charge in [-0.05, 0) is 19.8 Å². The molecule has 4 nitrogen and oxygen atoms in total. The summed E-state index contributed by atoms with van der Waals surface area (Å²) in [5.41, 5.74) is 1.42. The molecule has 0 spiro atoms. The first-order valence-corrected chi connectivity index (χ1v) is 5.05. The molecular weight excluding hydrogens is 192 g/mol. The summed E-state index contributed by atoms with van der Waals surface area (Å²) in [6.07, 6.45) is 5.70. The van der Waals surface area contributed by atoms with Crippen molar-refractivity contribution in [2.24, 2.45) is 0 Å². The zero-order valence-electron chi connectivity index (χ0n) is 8.91. The van der Waals surface area contributed by atoms with Crippen LogP contribution in [0.3, 0.4) is 0 Å². The van der Waals surface area contributed by atoms with Crippen molar-refractivity contribution in [2.75, 3.05) is 7.05 Å². The van der Waals surface area contributed by atoms with Gasteiger partial charge in [0.1, 0.15) is 5.75 Å². The third-order valence-electron chi connectivity index (χ3n) is 2.36. The Bertz CT molecular complexity index is 386. The van der Waals surface area contributed by atoms with Crippen molar-refractivity contribution in [2.45, 2.75) is 25.9 Å². The molecule has 0 bridgehead atoms. The van der Waals surface area contributed by atoms with Crippen LogP contribution in [0.15, 0.2) is 12.4 Å². The maximum atomic E-state index is 11.6. The second-order valence-corrected chi connectivity index (χ2v) is 3.73. The van der Waals surface area contributed by atoms with E-state index in [-0.39, 0.29) is 12.0 Å². The van der Waals surface area contributed by atoms with E-state index in [9.17, 15) is 4.79 Å². The molecule has 1 N–H and O–H groups in total. The number of hydrogen-bond acceptors (Lipinski definition) is 3. The largest absolute Gasteiger partial charge is 0.489 e. The van der Waals surface area contributed by atoms with Crippen molar-refractivity contribution < 1.29 is 9.53 Å². The first kappa shape index (κ1) is 9.96. The summed E-state index contributed by atoms with van der Waals surface area (Å²) in [4.78, 5) is 15.6. The lowest BCUT2D eigenvalue weighted by Crippen LogP contribution is -2.20. The Hall–Kier alpha value is -1.58. The molecule has 1 aromatic heterocycles. The highest BCUT2D eigenvalue weighted by Crippen LogP contribution is 2.31. The topological polar surface area (TPSA) is 51.2 Å². The highest BCUT2D eigenvalue weighted by atomic mass is 16.5. The van der Waals surface area contributed by atoms with E-state index in [1.54, 1.807) is 19.4 Å². The highest BCUT2D eigenvalue weighted by molar-refractivity contribution is 5.96. The number of hydrogen-bond donors (Lipinski definition) is 1. The van der Waals surface area contributed by atoms with Crippen LogP contribution in [0.2, 0.25) is 0 Å². The van der Waals surface area contributed by atoms with Crippen molar-refractivity contribution in [3.63, 3.8) is 0 Å². The van der Waals surface area contributed by atoms with E-state index < -0.39 is 0 Å². The predicted molar refractivity (Wildman–Crippen MR) is 56.0 cm³/mol. The van der Waals surface area contributed by atoms with E-state index in [4.69, 9.17) is 4.74 Å². The zero-order valence-corrected chi connectivity index (χ0v) is 8.91. The SMILES string of the molecule is CNC(=O)c1cncc(C)c1OC1CC1. The molecule has 15 heavy (non-hydrogen) atoms. The molecule has 0 aliphatic heterocycles. The fourth-order valence-electron chi connectivity index (χ4n) is 1.36. The average Bonchev–Trinajstić information content (AvgIpc) is 3.04. The van der Waals surface area contributed by atoms with Gasteiger partial charge in [0.05, 0.1) is 11.7 Å². The monoisotopic (exact) mass is 206 g/mol. The molecule has 0 radical (unpaired) electrons. The lowest BCUT2D eigenvalue weighted by molar-refractivity contribution is 0.0958. The minimum Gasteiger partial charge on any atom is -0.489 e. The van der Waals surface area contributed by atoms with E-state index >= 15 is 0 Å². The number of pyridine rings is 1. The summed E-state index contributed by atoms with van der Waals surface area (Å²) >= 11 is 0. The Balaban J connectivity index is 2.33. The summed E-state index contributed by atoms with van der Waals surface area (Å²) in [6.45, 7) is 1.90. The Morgan fingerprint density at radius 3 is 2.87 bits per heavy atom. The summed E-state index contributed by atoms with van der Waals surface area (Å²) < 4.78 is 5.71. The molecular formula is C11H14N2O2. The van der Waals surface area contributed by atoms with Crippen LogP contribution in [-0.2, 0) is 0 Å². The molecule has 0 saturated heterocycles. The van der Waals surface area contributed by atoms with Crippen LogP contribution in [0.1, 0.15) is 28.8 Å². The van der Waals surface area contributed by atoms with Gasteiger partial charge in [-0.2, -0.15) is 0 Å². The van der Waals surface area contributed by atoms with Gasteiger partial charge in [0.25, 0.3) is 5.91 Å². The number of carbonyl (C=O) groups is 1. The number of carbonyl (C=O) groups excluding carboxylic acids is 1. The summed E-state index contributed by atoms with van der Waals surface area (Å²) in [7, 11) is 1.60. The smallest absolute Gasteiger partial charge is 0.256 e. The number of rotatable bonds is 3. The second kappa shape index (κ2) is 3.88. The van der Waals surface area contributed by atoms with E-state index in [1.165, 1.54) is 0 Å². The maximum absolute atomic E-state index is 11.6. The van der Waals surface area contributed by atoms with Crippen LogP contribution in [-0.4, -0.2) is 24.0 Å². The molecule has 1 fully saturated rings. The molecule has 1 aliphatic carbocycles. The summed E-state index contributed by atoms with van der Waals surface area (Å²) in [5, 5.41) is 2.58. The predicted octanol–water partition coefficient (Wildman–Crippen LogP) is 1.29. The minimum absolute atomic E-state index is 0.151. The molecule has 2 rings (SSSR count). The molecule has 1 saturated carbocycles. The van der Waals surface area contributed by atoms with Gasteiger partial charge in [-0.3, -0.25) is 9.78 Å². The summed E-state index contributed by atoms with van der Waals surface area (Å²) in [6, 6.07) is 0. The Kier molecular flexibility index (Phi) is 2.58. The standard InChI is InChI=1S/C11H14N2O2/c1-7-5-13-6-9(11(14)12-2)10(7)15-8-3-4-8/h5-6,8H,3-4H2,1-2H3,(H,12,14). The molecule has 1 amide bonds. The number of aryl methyl sites for hydroxylation is 1. The minimum atomic E-state index is -0.151. The Morgan fingerprint density at radius 1 is 1.53 bits per heavy atom. The average molecular weight is 206 g/mol. The fourth-order valence-corrected chi connectivity index (χ4v) is 1.36. The fraction of sp³-hybridized carbons (Fsp3) is 0.455.